The number of carbonyl (C=O) groups is 2. The van der Waals surface area contributed by atoms with Crippen LogP contribution in [0.1, 0.15) is 68.4 Å². The number of carboxylic acid groups (broad SMARTS) is 1. The van der Waals surface area contributed by atoms with Crippen LogP contribution in [0.25, 0.3) is 5.69 Å². The Morgan fingerprint density at radius 3 is 2.47 bits per heavy atom. The van der Waals surface area contributed by atoms with Crippen molar-refractivity contribution in [3.8, 4) is 5.69 Å². The van der Waals surface area contributed by atoms with E-state index >= 15 is 0 Å². The molecule has 1 amide bonds. The number of aromatic nitrogens is 2. The van der Waals surface area contributed by atoms with Crippen molar-refractivity contribution in [1.82, 2.24) is 9.78 Å². The van der Waals surface area contributed by atoms with Crippen molar-refractivity contribution >= 4 is 45.2 Å². The number of carbonyl (C=O) groups excluding carboxylic acids is 1. The Morgan fingerprint density at radius 2 is 1.88 bits per heavy atom. The Balaban J connectivity index is 1.84. The van der Waals surface area contributed by atoms with Gasteiger partial charge in [-0.05, 0) is 85.0 Å². The van der Waals surface area contributed by atoms with Gasteiger partial charge in [-0.3, -0.25) is 9.69 Å². The van der Waals surface area contributed by atoms with Crippen molar-refractivity contribution in [1.29, 1.82) is 0 Å². The lowest BCUT2D eigenvalue weighted by Gasteiger charge is -2.37. The summed E-state index contributed by atoms with van der Waals surface area (Å²) in [6.45, 7) is 5.20. The second-order valence-corrected chi connectivity index (χ2v) is 10.6. The molecule has 0 radical (unpaired) electrons. The van der Waals surface area contributed by atoms with E-state index in [0.29, 0.717) is 54.8 Å². The number of nitrogens with zero attached hydrogens (tertiary/aromatic N) is 3. The maximum Gasteiger partial charge on any atom is 0.341 e. The number of carboxylic acids is 1. The topological polar surface area (TPSA) is 84.7 Å². The normalized spacial score (nSPS) is 21.4. The van der Waals surface area contributed by atoms with Crippen LogP contribution in [0.2, 0.25) is 5.02 Å². The van der Waals surface area contributed by atoms with E-state index < -0.39 is 5.97 Å². The first-order valence-electron chi connectivity index (χ1n) is 12.0. The van der Waals surface area contributed by atoms with Gasteiger partial charge in [0, 0.05) is 29.6 Å². The summed E-state index contributed by atoms with van der Waals surface area (Å²) in [5.41, 5.74) is 1.29. The summed E-state index contributed by atoms with van der Waals surface area (Å²) in [4.78, 5) is 28.2. The average Bonchev–Trinajstić information content (AvgIpc) is 3.21. The van der Waals surface area contributed by atoms with E-state index in [2.05, 4.69) is 22.9 Å². The van der Waals surface area contributed by atoms with Crippen LogP contribution in [0, 0.1) is 11.8 Å². The van der Waals surface area contributed by atoms with Crippen molar-refractivity contribution < 1.29 is 19.4 Å². The molecule has 0 atom stereocenters. The largest absolute Gasteiger partial charge is 0.477 e. The highest BCUT2D eigenvalue weighted by molar-refractivity contribution is 9.10. The maximum atomic E-state index is 13.9. The highest BCUT2D eigenvalue weighted by atomic mass is 79.9. The van der Waals surface area contributed by atoms with Gasteiger partial charge in [0.25, 0.3) is 0 Å². The molecule has 1 aromatic carbocycles. The molecule has 1 aliphatic heterocycles. The third kappa shape index (κ3) is 5.04. The SMILES string of the molecule is CCc1c(C(=O)O)c(N(C(=O)[C@H]2CC[C@H](C)CC2)C2CCOCC2)nn1-c1ccc(Br)c(Cl)c1. The summed E-state index contributed by atoms with van der Waals surface area (Å²) in [7, 11) is 0. The molecule has 1 N–H and O–H groups in total. The Bertz CT molecular complexity index is 1060. The zero-order chi connectivity index (χ0) is 24.4. The van der Waals surface area contributed by atoms with Gasteiger partial charge in [-0.25, -0.2) is 9.48 Å². The van der Waals surface area contributed by atoms with Crippen LogP contribution < -0.4 is 4.90 Å². The minimum absolute atomic E-state index is 0.0116. The molecule has 1 aromatic heterocycles. The van der Waals surface area contributed by atoms with E-state index in [9.17, 15) is 14.7 Å². The Hall–Kier alpha value is -1.90. The minimum Gasteiger partial charge on any atom is -0.477 e. The molecule has 9 heteroatoms. The third-order valence-corrected chi connectivity index (χ3v) is 8.28. The van der Waals surface area contributed by atoms with Crippen molar-refractivity contribution in [2.75, 3.05) is 18.1 Å². The first-order chi connectivity index (χ1) is 16.3. The van der Waals surface area contributed by atoms with Crippen LogP contribution in [0.5, 0.6) is 0 Å². The molecule has 2 heterocycles. The van der Waals surface area contributed by atoms with E-state index in [4.69, 9.17) is 21.4 Å². The lowest BCUT2D eigenvalue weighted by molar-refractivity contribution is -0.124. The molecule has 0 spiro atoms. The van der Waals surface area contributed by atoms with Crippen LogP contribution in [0.15, 0.2) is 22.7 Å². The molecule has 7 nitrogen and oxygen atoms in total. The summed E-state index contributed by atoms with van der Waals surface area (Å²) in [6, 6.07) is 5.25. The van der Waals surface area contributed by atoms with Crippen LogP contribution in [0.4, 0.5) is 5.82 Å². The predicted octanol–water partition coefficient (Wildman–Crippen LogP) is 5.89. The summed E-state index contributed by atoms with van der Waals surface area (Å²) >= 11 is 9.74. The summed E-state index contributed by atoms with van der Waals surface area (Å²) in [5, 5.41) is 15.5. The van der Waals surface area contributed by atoms with E-state index in [-0.39, 0.29) is 29.2 Å². The van der Waals surface area contributed by atoms with Gasteiger partial charge in [0.15, 0.2) is 5.82 Å². The van der Waals surface area contributed by atoms with E-state index in [1.54, 1.807) is 15.6 Å². The fraction of sp³-hybridized carbons (Fsp3) is 0.560. The predicted molar refractivity (Wildman–Crippen MR) is 135 cm³/mol. The molecule has 0 unspecified atom stereocenters. The highest BCUT2D eigenvalue weighted by Crippen LogP contribution is 2.36. The second kappa shape index (κ2) is 10.8. The fourth-order valence-electron chi connectivity index (χ4n) is 5.09. The number of anilines is 1. The Labute approximate surface area is 213 Å². The Morgan fingerprint density at radius 1 is 1.21 bits per heavy atom. The smallest absolute Gasteiger partial charge is 0.341 e. The van der Waals surface area contributed by atoms with Gasteiger partial charge in [-0.2, -0.15) is 0 Å². The molecule has 0 bridgehead atoms. The van der Waals surface area contributed by atoms with Gasteiger partial charge < -0.3 is 9.84 Å². The van der Waals surface area contributed by atoms with Crippen molar-refractivity contribution in [2.24, 2.45) is 11.8 Å². The fourth-order valence-corrected chi connectivity index (χ4v) is 5.51. The van der Waals surface area contributed by atoms with Crippen LogP contribution in [-0.2, 0) is 16.0 Å². The maximum absolute atomic E-state index is 13.9. The van der Waals surface area contributed by atoms with Gasteiger partial charge in [0.05, 0.1) is 16.4 Å². The molecule has 2 aromatic rings. The summed E-state index contributed by atoms with van der Waals surface area (Å²) < 4.78 is 7.92. The molecule has 1 saturated heterocycles. The van der Waals surface area contributed by atoms with Crippen molar-refractivity contribution in [2.45, 2.75) is 64.8 Å². The van der Waals surface area contributed by atoms with Gasteiger partial charge in [-0.1, -0.05) is 25.4 Å². The van der Waals surface area contributed by atoms with Gasteiger partial charge in [-0.15, -0.1) is 5.10 Å². The molecule has 184 valence electrons. The standard InChI is InChI=1S/C25H31BrClN3O4/c1-3-21-22(25(32)33)23(28-30(21)18-8-9-19(26)20(27)14-18)29(17-10-12-34-13-11-17)24(31)16-6-4-15(2)5-7-16/h8-9,14-17H,3-7,10-13H2,1-2H3,(H,32,33)/t15-,16-. The van der Waals surface area contributed by atoms with Crippen LogP contribution in [-0.4, -0.2) is 46.0 Å². The number of amides is 1. The zero-order valence-corrected chi connectivity index (χ0v) is 21.9. The van der Waals surface area contributed by atoms with E-state index in [1.807, 2.05) is 19.1 Å². The zero-order valence-electron chi connectivity index (χ0n) is 19.6. The molecular formula is C25H31BrClN3O4. The summed E-state index contributed by atoms with van der Waals surface area (Å²) in [5.74, 6) is -0.356. The number of aromatic carboxylic acids is 1. The molecular weight excluding hydrogens is 522 g/mol. The quantitative estimate of drug-likeness (QED) is 0.483. The van der Waals surface area contributed by atoms with Gasteiger partial charge >= 0.3 is 5.97 Å². The molecule has 1 aliphatic carbocycles. The minimum atomic E-state index is -1.08. The lowest BCUT2D eigenvalue weighted by atomic mass is 9.82. The molecule has 1 saturated carbocycles. The van der Waals surface area contributed by atoms with Crippen molar-refractivity contribution in [3.05, 3.63) is 39.0 Å². The molecule has 34 heavy (non-hydrogen) atoms. The lowest BCUT2D eigenvalue weighted by Crippen LogP contribution is -2.47. The Kier molecular flexibility index (Phi) is 8.00. The number of rotatable bonds is 6. The van der Waals surface area contributed by atoms with E-state index in [1.165, 1.54) is 0 Å². The number of ether oxygens (including phenoxy) is 1. The number of benzene rings is 1. The monoisotopic (exact) mass is 551 g/mol. The average molecular weight is 553 g/mol. The first kappa shape index (κ1) is 25.2. The van der Waals surface area contributed by atoms with Crippen LogP contribution in [0.3, 0.4) is 0 Å². The molecule has 2 aliphatic rings. The summed E-state index contributed by atoms with van der Waals surface area (Å²) in [6.07, 6.45) is 5.43. The highest BCUT2D eigenvalue weighted by Gasteiger charge is 2.38. The van der Waals surface area contributed by atoms with E-state index in [0.717, 1.165) is 30.2 Å². The van der Waals surface area contributed by atoms with Gasteiger partial charge in [0.2, 0.25) is 5.91 Å². The van der Waals surface area contributed by atoms with Crippen LogP contribution >= 0.6 is 27.5 Å². The molecule has 2 fully saturated rings. The number of halogens is 2. The number of hydrogen-bond donors (Lipinski definition) is 1. The van der Waals surface area contributed by atoms with Gasteiger partial charge in [0.1, 0.15) is 5.56 Å². The molecule has 4 rings (SSSR count). The first-order valence-corrected chi connectivity index (χ1v) is 13.2. The second-order valence-electron chi connectivity index (χ2n) is 9.32. The third-order valence-electron chi connectivity index (χ3n) is 7.05. The number of hydrogen-bond acceptors (Lipinski definition) is 4. The van der Waals surface area contributed by atoms with Crippen molar-refractivity contribution in [3.63, 3.8) is 0 Å².